The Morgan fingerprint density at radius 3 is 1.62 bits per heavy atom. The minimum atomic E-state index is -7.96. The van der Waals surface area contributed by atoms with Gasteiger partial charge in [-0.3, -0.25) is 14.4 Å². The molecule has 10 atom stereocenters. The summed E-state index contributed by atoms with van der Waals surface area (Å²) in [4.78, 5) is 49.0. The Labute approximate surface area is 808 Å². The number of hydrogen-bond acceptors (Lipinski definition) is 21. The number of cyclic esters (lactones) is 1. The monoisotopic (exact) mass is 2020 g/mol. The minimum absolute atomic E-state index is 0.0153. The second-order valence-corrected chi connectivity index (χ2v) is 47.4. The molecule has 3 heterocycles. The zero-order valence-corrected chi connectivity index (χ0v) is 84.6. The first-order valence-corrected chi connectivity index (χ1v) is 53.3. The number of esters is 4. The number of rotatable bonds is 34. The van der Waals surface area contributed by atoms with Crippen LogP contribution in [-0.4, -0.2) is 150 Å². The largest absolute Gasteiger partial charge is 0.480 e. The number of thiophene rings is 1. The van der Waals surface area contributed by atoms with E-state index in [4.69, 9.17) is 38.3 Å². The molecule has 9 aliphatic rings. The number of aliphatic hydroxyl groups is 3. The normalized spacial score (nSPS) is 23.3. The van der Waals surface area contributed by atoms with Crippen LogP contribution in [0.15, 0.2) is 146 Å². The lowest BCUT2D eigenvalue weighted by Crippen LogP contribution is -2.61. The van der Waals surface area contributed by atoms with Gasteiger partial charge in [-0.2, -0.15) is 47.9 Å². The van der Waals surface area contributed by atoms with Crippen LogP contribution < -0.4 is 13.7 Å². The van der Waals surface area contributed by atoms with E-state index in [1.54, 1.807) is 13.8 Å². The molecule has 7 aliphatic carbocycles. The molecule has 766 valence electrons. The molecule has 7 saturated carbocycles. The van der Waals surface area contributed by atoms with Crippen LogP contribution in [0.3, 0.4) is 0 Å². The van der Waals surface area contributed by atoms with Gasteiger partial charge in [0.2, 0.25) is 0 Å². The Morgan fingerprint density at radius 2 is 1.12 bits per heavy atom. The van der Waals surface area contributed by atoms with Gasteiger partial charge < -0.3 is 56.8 Å². The molecule has 0 amide bonds. The van der Waals surface area contributed by atoms with Gasteiger partial charge >= 0.3 is 55.9 Å². The summed E-state index contributed by atoms with van der Waals surface area (Å²) in [7, 11) is -22.6. The standard InChI is InChI=1S/C21H34O3.C20H17OS.C19H32O3.C15H20O3.C14H13F9NO7S3.C14H20O4/c1-4-21(3,16-22)19-10-12-20(13-11-19)24-17(2)23-15-14-18-8-6-5-7-9-18;21-14-13-15-9-11-16(12-10-15)22-19-7-3-1-5-17(19)18-6-2-4-8-20(18)22;1-5-18(4,12-20)16(21)22-17(2,3)19-9-13-6-14(10-19)8-15(7-13)11-19;1-4-15(2,3)11-5-7-12(8-6-11)18-13-9-10-17-14(13)16;1-3-8(2)9-4-6-10(7-5-9)31-34(29,30)13(19,20)11(15,16)12(17,18)32(25,26)24-33(27,28)14(21,22)23;1-4-14(2,3)13(16)18-10-7-5-8-9(6-7)12(15)17-11(8)10/h10-13,17-18,22H,4-9,14-16H2,1-3H3;1-12,21H,13-14H2;13-15,20H,5-12H2,1-4H3;5-8,13H,4,9-10H2,1-3H3;4-8H,3H2,1-2H3;7-11H,4-6H2,1-3H3/q;+1;;;-1;. The summed E-state index contributed by atoms with van der Waals surface area (Å²) in [5.41, 5.74) is -4.07. The zero-order chi connectivity index (χ0) is 102. The maximum absolute atomic E-state index is 14.0. The van der Waals surface area contributed by atoms with E-state index in [0.717, 1.165) is 104 Å². The van der Waals surface area contributed by atoms with Gasteiger partial charge in [0, 0.05) is 56.9 Å². The highest BCUT2D eigenvalue weighted by Gasteiger charge is 2.82. The van der Waals surface area contributed by atoms with Crippen molar-refractivity contribution in [2.45, 2.75) is 308 Å². The molecule has 10 unspecified atom stereocenters. The molecule has 6 bridgehead atoms. The van der Waals surface area contributed by atoms with E-state index in [9.17, 15) is 94.2 Å². The first kappa shape index (κ1) is 112. The number of carbonyl (C=O) groups excluding carboxylic acids is 4. The van der Waals surface area contributed by atoms with Crippen LogP contribution in [0.25, 0.3) is 29.2 Å². The molecule has 6 aromatic carbocycles. The molecule has 1 aromatic heterocycles. The number of nitrogens with zero attached hydrogens (tertiary/aromatic N) is 1. The minimum Gasteiger partial charge on any atom is -0.479 e. The summed E-state index contributed by atoms with van der Waals surface area (Å²) < 4.78 is 233. The Hall–Kier alpha value is -8.16. The Morgan fingerprint density at radius 1 is 0.580 bits per heavy atom. The predicted octanol–water partition coefficient (Wildman–Crippen LogP) is 23.5. The number of sulfonamides is 2. The van der Waals surface area contributed by atoms with Crippen molar-refractivity contribution in [3.8, 4) is 22.1 Å². The van der Waals surface area contributed by atoms with Crippen LogP contribution in [0.5, 0.6) is 17.2 Å². The average molecular weight is 2020 g/mol. The van der Waals surface area contributed by atoms with Gasteiger partial charge in [-0.1, -0.05) is 167 Å². The molecule has 0 radical (unpaired) electrons. The van der Waals surface area contributed by atoms with E-state index in [2.05, 4.69) is 138 Å². The van der Waals surface area contributed by atoms with Crippen molar-refractivity contribution in [2.75, 3.05) is 33.0 Å². The number of halogens is 9. The number of carbonyl (C=O) groups is 4. The smallest absolute Gasteiger partial charge is 0.479 e. The average Bonchev–Trinajstić information content (AvgIpc) is 1.50. The van der Waals surface area contributed by atoms with Crippen LogP contribution in [0.4, 0.5) is 39.5 Å². The summed E-state index contributed by atoms with van der Waals surface area (Å²) in [5.74, 6) is -3.90. The van der Waals surface area contributed by atoms with Gasteiger partial charge in [-0.15, -0.1) is 0 Å². The first-order chi connectivity index (χ1) is 64.5. The van der Waals surface area contributed by atoms with Gasteiger partial charge in [0.15, 0.2) is 46.7 Å². The van der Waals surface area contributed by atoms with Crippen molar-refractivity contribution in [1.82, 2.24) is 0 Å². The fourth-order valence-corrected chi connectivity index (χ4v) is 25.1. The quantitative estimate of drug-likeness (QED) is 0.00842. The van der Waals surface area contributed by atoms with Crippen molar-refractivity contribution < 1.29 is 137 Å². The van der Waals surface area contributed by atoms with Crippen molar-refractivity contribution in [3.05, 3.63) is 172 Å². The van der Waals surface area contributed by atoms with E-state index in [1.165, 1.54) is 107 Å². The van der Waals surface area contributed by atoms with Crippen LogP contribution in [0, 0.1) is 57.7 Å². The number of alkyl halides is 9. The lowest BCUT2D eigenvalue weighted by Gasteiger charge is -2.61. The molecule has 7 aromatic rings. The summed E-state index contributed by atoms with van der Waals surface area (Å²) in [5, 5.41) is 16.4. The molecule has 0 spiro atoms. The second-order valence-electron chi connectivity index (χ2n) is 40.4. The third-order valence-corrected chi connectivity index (χ3v) is 36.5. The third-order valence-electron chi connectivity index (χ3n) is 29.8. The third kappa shape index (κ3) is 25.2. The molecule has 3 N–H and O–H groups in total. The van der Waals surface area contributed by atoms with Crippen molar-refractivity contribution in [1.29, 1.82) is 0 Å². The SMILES string of the molecule is CCC(C)(C)C(=O)OC1C2CC3C(=O)OC1C3C2.CCC(C)(C)c1ccc(OC2CCOC2=O)cc1.CCC(C)(CO)C(=O)OC(C)(C)C12CC3CC(CC(C3)C1)C2.CCC(C)(CO)c1ccc(OC(C)OCCC2CCCCC2)cc1.CCC(C)c1ccc(OS(=O)(=O)C(F)(F)C(F)(F)C(F)(F)S(=O)(=O)[N-]S(=O)(=O)C(F)(F)F)cc1.OCCc1ccc(-[s+]2c3ccccc3c3ccccc32)cc1. The summed E-state index contributed by atoms with van der Waals surface area (Å²) >= 11 is 0. The van der Waals surface area contributed by atoms with Crippen molar-refractivity contribution in [3.63, 3.8) is 0 Å². The Kier molecular flexibility index (Phi) is 36.6. The molecule has 35 heteroatoms. The van der Waals surface area contributed by atoms with Crippen LogP contribution in [0.1, 0.15) is 260 Å². The first-order valence-electron chi connectivity index (χ1n) is 47.8. The van der Waals surface area contributed by atoms with Crippen molar-refractivity contribution >= 4 is 84.7 Å². The highest BCUT2D eigenvalue weighted by Crippen LogP contribution is 2.65. The van der Waals surface area contributed by atoms with Crippen LogP contribution in [0.2, 0.25) is 0 Å². The number of ether oxygens (including phenoxy) is 7. The topological polar surface area (TPSA) is 319 Å². The van der Waals surface area contributed by atoms with E-state index in [0.29, 0.717) is 59.5 Å². The lowest BCUT2D eigenvalue weighted by molar-refractivity contribution is -0.245. The molecule has 9 fully saturated rings. The molecule has 138 heavy (non-hydrogen) atoms. The molecule has 22 nitrogen and oxygen atoms in total. The molecule has 2 aliphatic heterocycles. The van der Waals surface area contributed by atoms with Gasteiger partial charge in [0.25, 0.3) is 0 Å². The maximum atomic E-state index is 14.0. The van der Waals surface area contributed by atoms with Gasteiger partial charge in [-0.25, -0.2) is 21.6 Å². The molecular formula is C103H136F9NO21S4. The van der Waals surface area contributed by atoms with E-state index in [1.807, 2.05) is 77.9 Å². The van der Waals surface area contributed by atoms with Gasteiger partial charge in [0.05, 0.1) is 43.2 Å². The zero-order valence-electron chi connectivity index (χ0n) is 81.3. The summed E-state index contributed by atoms with van der Waals surface area (Å²) in [6.07, 6.45) is 22.0. The summed E-state index contributed by atoms with van der Waals surface area (Å²) in [6.45, 7) is 31.4. The van der Waals surface area contributed by atoms with Gasteiger partial charge in [0.1, 0.15) is 35.1 Å². The fraction of sp³-hybridized carbons (Fsp3) is 0.612. The fourth-order valence-electron chi connectivity index (χ4n) is 19.5. The van der Waals surface area contributed by atoms with Crippen LogP contribution >= 0.6 is 10.5 Å². The lowest BCUT2D eigenvalue weighted by atomic mass is 9.46. The number of aliphatic hydroxyl groups excluding tert-OH is 3. The molecule has 2 saturated heterocycles. The predicted molar refractivity (Wildman–Crippen MR) is 511 cm³/mol. The Balaban J connectivity index is 0.000000173. The van der Waals surface area contributed by atoms with E-state index >= 15 is 0 Å². The molecule has 16 rings (SSSR count). The number of fused-ring (bicyclic) bond motifs is 4. The van der Waals surface area contributed by atoms with E-state index in [-0.39, 0.29) is 101 Å². The van der Waals surface area contributed by atoms with Crippen LogP contribution in [-0.2, 0) is 90.3 Å². The number of hydrogen-bond donors (Lipinski definition) is 3. The maximum Gasteiger partial charge on any atom is 0.480 e. The van der Waals surface area contributed by atoms with E-state index < -0.39 is 80.4 Å². The molecular weight excluding hydrogens is 1890 g/mol. The summed E-state index contributed by atoms with van der Waals surface area (Å²) in [6, 6.07) is 45.7. The van der Waals surface area contributed by atoms with Crippen molar-refractivity contribution in [2.24, 2.45) is 57.7 Å². The Bertz CT molecular complexity index is 5520. The highest BCUT2D eigenvalue weighted by atomic mass is 32.3. The highest BCUT2D eigenvalue weighted by molar-refractivity contribution is 8.13. The van der Waals surface area contributed by atoms with Gasteiger partial charge in [-0.05, 0) is 268 Å². The number of benzene rings is 6. The second kappa shape index (κ2) is 45.2.